The molecule has 1 aromatic carbocycles. The van der Waals surface area contributed by atoms with Gasteiger partial charge in [0, 0.05) is 19.6 Å². The second-order valence-corrected chi connectivity index (χ2v) is 5.01. The largest absolute Gasteiger partial charge is 0.507 e. The van der Waals surface area contributed by atoms with Gasteiger partial charge in [0.25, 0.3) is 0 Å². The molecule has 0 amide bonds. The predicted molar refractivity (Wildman–Crippen MR) is 70.2 cm³/mol. The smallest absolute Gasteiger partial charge is 0.334 e. The molecular weight excluding hydrogens is 246 g/mol. The molecule has 1 saturated heterocycles. The fourth-order valence-electron chi connectivity index (χ4n) is 2.39. The molecule has 104 valence electrons. The van der Waals surface area contributed by atoms with Gasteiger partial charge < -0.3 is 14.9 Å². The number of hydrogen-bond donors (Lipinski definition) is 2. The number of aromatic hydroxyl groups is 1. The molecule has 5 heteroatoms. The second-order valence-electron chi connectivity index (χ2n) is 5.01. The van der Waals surface area contributed by atoms with Crippen LogP contribution in [0.4, 0.5) is 0 Å². The van der Waals surface area contributed by atoms with E-state index in [1.165, 1.54) is 0 Å². The lowest BCUT2D eigenvalue weighted by atomic mass is 10.1. The molecule has 1 aliphatic rings. The van der Waals surface area contributed by atoms with Gasteiger partial charge in [-0.2, -0.15) is 0 Å². The highest BCUT2D eigenvalue weighted by atomic mass is 16.5. The predicted octanol–water partition coefficient (Wildman–Crippen LogP) is 1.29. The number of carboxylic acid groups (broad SMARTS) is 1. The lowest BCUT2D eigenvalue weighted by Gasteiger charge is -2.31. The number of hydrogen-bond acceptors (Lipinski definition) is 4. The maximum Gasteiger partial charge on any atom is 0.334 e. The summed E-state index contributed by atoms with van der Waals surface area (Å²) in [4.78, 5) is 13.0. The van der Waals surface area contributed by atoms with Gasteiger partial charge in [0.1, 0.15) is 5.75 Å². The minimum Gasteiger partial charge on any atom is -0.507 e. The molecule has 1 aliphatic heterocycles. The highest BCUT2D eigenvalue weighted by Crippen LogP contribution is 2.24. The van der Waals surface area contributed by atoms with E-state index in [0.717, 1.165) is 23.2 Å². The van der Waals surface area contributed by atoms with Crippen molar-refractivity contribution >= 4 is 5.97 Å². The van der Waals surface area contributed by atoms with Gasteiger partial charge in [-0.15, -0.1) is 0 Å². The number of carbonyl (C=O) groups is 1. The highest BCUT2D eigenvalue weighted by molar-refractivity contribution is 5.72. The van der Waals surface area contributed by atoms with E-state index >= 15 is 0 Å². The molecule has 2 rings (SSSR count). The summed E-state index contributed by atoms with van der Waals surface area (Å²) in [6.45, 7) is 5.97. The van der Waals surface area contributed by atoms with Crippen LogP contribution < -0.4 is 0 Å². The van der Waals surface area contributed by atoms with Crippen molar-refractivity contribution in [2.75, 3.05) is 19.7 Å². The number of aliphatic carboxylic acids is 1. The number of rotatable bonds is 3. The van der Waals surface area contributed by atoms with Crippen molar-refractivity contribution in [1.29, 1.82) is 0 Å². The third-order valence-corrected chi connectivity index (χ3v) is 3.38. The summed E-state index contributed by atoms with van der Waals surface area (Å²) in [6.07, 6.45) is -0.743. The second kappa shape index (κ2) is 5.59. The molecule has 19 heavy (non-hydrogen) atoms. The van der Waals surface area contributed by atoms with E-state index in [1.54, 1.807) is 0 Å². The number of carboxylic acids is 1. The minimum atomic E-state index is -0.914. The first-order valence-corrected chi connectivity index (χ1v) is 6.33. The summed E-state index contributed by atoms with van der Waals surface area (Å²) >= 11 is 0. The first kappa shape index (κ1) is 13.8. The van der Waals surface area contributed by atoms with E-state index < -0.39 is 12.1 Å². The van der Waals surface area contributed by atoms with Crippen LogP contribution in [0.2, 0.25) is 0 Å². The van der Waals surface area contributed by atoms with Gasteiger partial charge in [-0.1, -0.05) is 12.1 Å². The minimum absolute atomic E-state index is 0.328. The monoisotopic (exact) mass is 265 g/mol. The maximum atomic E-state index is 10.9. The summed E-state index contributed by atoms with van der Waals surface area (Å²) in [5.74, 6) is -0.586. The van der Waals surface area contributed by atoms with E-state index in [4.69, 9.17) is 9.84 Å². The molecule has 1 atom stereocenters. The van der Waals surface area contributed by atoms with Crippen LogP contribution in [0.1, 0.15) is 16.7 Å². The Hall–Kier alpha value is -1.59. The van der Waals surface area contributed by atoms with E-state index in [-0.39, 0.29) is 0 Å². The van der Waals surface area contributed by atoms with Gasteiger partial charge in [0.05, 0.1) is 6.61 Å². The van der Waals surface area contributed by atoms with Gasteiger partial charge in [0.15, 0.2) is 6.10 Å². The normalized spacial score (nSPS) is 20.4. The molecule has 1 heterocycles. The van der Waals surface area contributed by atoms with Crippen molar-refractivity contribution in [3.63, 3.8) is 0 Å². The maximum absolute atomic E-state index is 10.9. The van der Waals surface area contributed by atoms with Crippen molar-refractivity contribution in [2.45, 2.75) is 26.5 Å². The number of aryl methyl sites for hydroxylation is 2. The Bertz CT molecular complexity index is 463. The van der Waals surface area contributed by atoms with E-state index in [2.05, 4.69) is 4.90 Å². The molecule has 1 unspecified atom stereocenters. The van der Waals surface area contributed by atoms with Crippen molar-refractivity contribution in [1.82, 2.24) is 4.90 Å². The molecule has 0 bridgehead atoms. The lowest BCUT2D eigenvalue weighted by Crippen LogP contribution is -2.45. The Morgan fingerprint density at radius 3 is 2.63 bits per heavy atom. The summed E-state index contributed by atoms with van der Waals surface area (Å²) < 4.78 is 5.19. The average Bonchev–Trinajstić information content (AvgIpc) is 2.36. The van der Waals surface area contributed by atoms with Crippen molar-refractivity contribution in [2.24, 2.45) is 0 Å². The molecule has 5 nitrogen and oxygen atoms in total. The summed E-state index contributed by atoms with van der Waals surface area (Å²) in [6, 6.07) is 3.88. The van der Waals surface area contributed by atoms with Crippen LogP contribution in [0.5, 0.6) is 5.75 Å². The van der Waals surface area contributed by atoms with E-state index in [9.17, 15) is 9.90 Å². The molecule has 0 aromatic heterocycles. The molecule has 0 radical (unpaired) electrons. The van der Waals surface area contributed by atoms with Crippen LogP contribution >= 0.6 is 0 Å². The Kier molecular flexibility index (Phi) is 4.07. The first-order valence-electron chi connectivity index (χ1n) is 6.33. The topological polar surface area (TPSA) is 70.0 Å². The molecule has 2 N–H and O–H groups in total. The van der Waals surface area contributed by atoms with Gasteiger partial charge in [-0.05, 0) is 30.5 Å². The lowest BCUT2D eigenvalue weighted by molar-refractivity contribution is -0.156. The van der Waals surface area contributed by atoms with Crippen molar-refractivity contribution < 1.29 is 19.7 Å². The van der Waals surface area contributed by atoms with Crippen molar-refractivity contribution in [3.05, 3.63) is 28.8 Å². The van der Waals surface area contributed by atoms with Crippen molar-refractivity contribution in [3.8, 4) is 5.75 Å². The molecule has 0 aliphatic carbocycles. The Morgan fingerprint density at radius 2 is 2.05 bits per heavy atom. The van der Waals surface area contributed by atoms with Crippen LogP contribution in [0, 0.1) is 13.8 Å². The number of benzene rings is 1. The summed E-state index contributed by atoms with van der Waals surface area (Å²) in [5, 5.41) is 18.7. The molecule has 1 aromatic rings. The van der Waals surface area contributed by atoms with Crippen LogP contribution in [-0.2, 0) is 16.1 Å². The van der Waals surface area contributed by atoms with Crippen LogP contribution in [0.25, 0.3) is 0 Å². The van der Waals surface area contributed by atoms with Gasteiger partial charge >= 0.3 is 5.97 Å². The highest BCUT2D eigenvalue weighted by Gasteiger charge is 2.26. The van der Waals surface area contributed by atoms with Crippen LogP contribution in [0.15, 0.2) is 12.1 Å². The third kappa shape index (κ3) is 3.24. The summed E-state index contributed by atoms with van der Waals surface area (Å²) in [7, 11) is 0. The quantitative estimate of drug-likeness (QED) is 0.862. The number of morpholine rings is 1. The fraction of sp³-hybridized carbons (Fsp3) is 0.500. The molecule has 0 spiro atoms. The van der Waals surface area contributed by atoms with Crippen LogP contribution in [0.3, 0.4) is 0 Å². The Balaban J connectivity index is 2.07. The SMILES string of the molecule is Cc1cc(CN2CCOC(C(=O)O)C2)cc(C)c1O. The number of nitrogens with zero attached hydrogens (tertiary/aromatic N) is 1. The number of phenols is 1. The van der Waals surface area contributed by atoms with Gasteiger partial charge in [-0.3, -0.25) is 4.90 Å². The van der Waals surface area contributed by atoms with E-state index in [0.29, 0.717) is 25.4 Å². The summed E-state index contributed by atoms with van der Waals surface area (Å²) in [5.41, 5.74) is 2.77. The van der Waals surface area contributed by atoms with Gasteiger partial charge in [-0.25, -0.2) is 4.79 Å². The fourth-order valence-corrected chi connectivity index (χ4v) is 2.39. The first-order chi connectivity index (χ1) is 8.97. The number of phenolic OH excluding ortho intramolecular Hbond substituents is 1. The zero-order valence-electron chi connectivity index (χ0n) is 11.2. The third-order valence-electron chi connectivity index (χ3n) is 3.38. The molecule has 0 saturated carbocycles. The van der Waals surface area contributed by atoms with E-state index in [1.807, 2.05) is 26.0 Å². The Morgan fingerprint density at radius 1 is 1.42 bits per heavy atom. The Labute approximate surface area is 112 Å². The average molecular weight is 265 g/mol. The molecule has 1 fully saturated rings. The van der Waals surface area contributed by atoms with Gasteiger partial charge in [0.2, 0.25) is 0 Å². The van der Waals surface area contributed by atoms with Crippen LogP contribution in [-0.4, -0.2) is 46.9 Å². The zero-order chi connectivity index (χ0) is 14.0. The zero-order valence-corrected chi connectivity index (χ0v) is 11.2. The number of ether oxygens (including phenoxy) is 1. The molecular formula is C14H19NO4. The standard InChI is InChI=1S/C14H19NO4/c1-9-5-11(6-10(2)13(9)16)7-15-3-4-19-12(8-15)14(17)18/h5-6,12,16H,3-4,7-8H2,1-2H3,(H,17,18).